The molecule has 0 saturated carbocycles. The number of amides is 3. The minimum atomic E-state index is -0.709. The molecular formula is C31H32N6O4. The van der Waals surface area contributed by atoms with E-state index in [0.29, 0.717) is 34.6 Å². The third-order valence-electron chi connectivity index (χ3n) is 7.08. The lowest BCUT2D eigenvalue weighted by Crippen LogP contribution is -2.31. The van der Waals surface area contributed by atoms with Crippen molar-refractivity contribution in [3.8, 4) is 0 Å². The summed E-state index contributed by atoms with van der Waals surface area (Å²) in [5, 5.41) is 14.6. The van der Waals surface area contributed by atoms with Crippen molar-refractivity contribution in [1.82, 2.24) is 9.88 Å². The van der Waals surface area contributed by atoms with E-state index in [1.54, 1.807) is 49.4 Å². The number of primary amides is 1. The second-order valence-electron chi connectivity index (χ2n) is 9.87. The van der Waals surface area contributed by atoms with E-state index in [-0.39, 0.29) is 18.3 Å². The lowest BCUT2D eigenvalue weighted by Gasteiger charge is -2.18. The zero-order chi connectivity index (χ0) is 28.9. The summed E-state index contributed by atoms with van der Waals surface area (Å²) in [4.78, 5) is 39.4. The summed E-state index contributed by atoms with van der Waals surface area (Å²) >= 11 is 0. The first kappa shape index (κ1) is 27.4. The fraction of sp³-hybridized carbons (Fsp3) is 0.226. The standard InChI is InChI=1S/C31H32N6O4/c1-2-41-31(40)35-28(32)23-13-12-22-16-27(30(39)34-24-6-5-7-25(18-24)36-14-3-4-15-36)37(26(22)17-23)19-20-8-10-21(11-9-20)29(33)38/h5-13,16-18H,2-4,14-15,19H2,1H3,(H2,33,38)(H,34,39)(H2,32,35,40). The molecule has 41 heavy (non-hydrogen) atoms. The summed E-state index contributed by atoms with van der Waals surface area (Å²) in [7, 11) is 0. The molecule has 1 fully saturated rings. The van der Waals surface area contributed by atoms with Crippen LogP contribution in [0.1, 0.15) is 51.7 Å². The molecule has 10 heteroatoms. The average molecular weight is 553 g/mol. The van der Waals surface area contributed by atoms with Crippen molar-refractivity contribution in [1.29, 1.82) is 5.41 Å². The number of rotatable bonds is 8. The summed E-state index contributed by atoms with van der Waals surface area (Å²) in [6.07, 6.45) is 1.61. The van der Waals surface area contributed by atoms with Gasteiger partial charge in [0.15, 0.2) is 0 Å². The molecule has 1 aromatic heterocycles. The number of anilines is 2. The Balaban J connectivity index is 1.49. The van der Waals surface area contributed by atoms with Gasteiger partial charge in [0.05, 0.1) is 6.61 Å². The molecule has 3 amide bonds. The Kier molecular flexibility index (Phi) is 8.00. The van der Waals surface area contributed by atoms with Gasteiger partial charge in [-0.05, 0) is 67.8 Å². The number of carbonyl (C=O) groups is 3. The zero-order valence-electron chi connectivity index (χ0n) is 22.8. The molecular weight excluding hydrogens is 520 g/mol. The van der Waals surface area contributed by atoms with Gasteiger partial charge in [-0.1, -0.05) is 30.3 Å². The van der Waals surface area contributed by atoms with Crippen LogP contribution in [0.2, 0.25) is 0 Å². The third-order valence-corrected chi connectivity index (χ3v) is 7.08. The maximum atomic E-state index is 13.7. The Bertz CT molecular complexity index is 1620. The maximum absolute atomic E-state index is 13.7. The number of amidine groups is 1. The van der Waals surface area contributed by atoms with Crippen LogP contribution in [0.4, 0.5) is 16.2 Å². The normalized spacial score (nSPS) is 12.8. The molecule has 10 nitrogen and oxygen atoms in total. The number of fused-ring (bicyclic) bond motifs is 1. The topological polar surface area (TPSA) is 143 Å². The first-order valence-electron chi connectivity index (χ1n) is 13.5. The van der Waals surface area contributed by atoms with Crippen LogP contribution < -0.4 is 21.3 Å². The molecule has 3 aromatic carbocycles. The molecule has 0 radical (unpaired) electrons. The quantitative estimate of drug-likeness (QED) is 0.185. The molecule has 0 atom stereocenters. The minimum absolute atomic E-state index is 0.117. The SMILES string of the molecule is CCOC(=O)NC(=N)c1ccc2cc(C(=O)Nc3cccc(N4CCCC4)c3)n(Cc3ccc(C(N)=O)cc3)c2c1. The van der Waals surface area contributed by atoms with Gasteiger partial charge in [-0.25, -0.2) is 4.79 Å². The van der Waals surface area contributed by atoms with E-state index < -0.39 is 12.0 Å². The molecule has 2 heterocycles. The first-order valence-corrected chi connectivity index (χ1v) is 13.5. The fourth-order valence-corrected chi connectivity index (χ4v) is 5.02. The number of hydrogen-bond donors (Lipinski definition) is 4. The fourth-order valence-electron chi connectivity index (χ4n) is 5.02. The van der Waals surface area contributed by atoms with Crippen molar-refractivity contribution < 1.29 is 19.1 Å². The number of aromatic nitrogens is 1. The van der Waals surface area contributed by atoms with Gasteiger partial charge in [0.2, 0.25) is 5.91 Å². The summed E-state index contributed by atoms with van der Waals surface area (Å²) in [6.45, 7) is 4.20. The van der Waals surface area contributed by atoms with Crippen LogP contribution in [0, 0.1) is 5.41 Å². The minimum Gasteiger partial charge on any atom is -0.450 e. The van der Waals surface area contributed by atoms with Crippen molar-refractivity contribution in [2.45, 2.75) is 26.3 Å². The van der Waals surface area contributed by atoms with Crippen molar-refractivity contribution >= 4 is 46.0 Å². The predicted molar refractivity (Wildman–Crippen MR) is 159 cm³/mol. The largest absolute Gasteiger partial charge is 0.450 e. The van der Waals surface area contributed by atoms with Crippen molar-refractivity contribution in [3.63, 3.8) is 0 Å². The number of nitrogens with two attached hydrogens (primary N) is 1. The Labute approximate surface area is 237 Å². The molecule has 0 spiro atoms. The number of nitrogens with one attached hydrogen (secondary N) is 3. The van der Waals surface area contributed by atoms with Gasteiger partial charge in [-0.3, -0.25) is 20.3 Å². The van der Waals surface area contributed by atoms with E-state index in [1.807, 2.05) is 28.8 Å². The molecule has 0 aliphatic carbocycles. The molecule has 1 aliphatic rings. The van der Waals surface area contributed by atoms with E-state index >= 15 is 0 Å². The van der Waals surface area contributed by atoms with Crippen LogP contribution in [0.25, 0.3) is 10.9 Å². The molecule has 5 N–H and O–H groups in total. The number of carbonyl (C=O) groups excluding carboxylic acids is 3. The van der Waals surface area contributed by atoms with Gasteiger partial charge in [0.1, 0.15) is 11.5 Å². The predicted octanol–water partition coefficient (Wildman–Crippen LogP) is 4.71. The van der Waals surface area contributed by atoms with Crippen molar-refractivity contribution in [3.05, 3.63) is 95.2 Å². The van der Waals surface area contributed by atoms with Crippen LogP contribution in [-0.2, 0) is 11.3 Å². The van der Waals surface area contributed by atoms with E-state index in [2.05, 4.69) is 21.6 Å². The molecule has 210 valence electrons. The molecule has 1 aliphatic heterocycles. The smallest absolute Gasteiger partial charge is 0.412 e. The van der Waals surface area contributed by atoms with Gasteiger partial charge in [0.25, 0.3) is 5.91 Å². The van der Waals surface area contributed by atoms with E-state index in [4.69, 9.17) is 15.9 Å². The lowest BCUT2D eigenvalue weighted by atomic mass is 10.1. The highest BCUT2D eigenvalue weighted by atomic mass is 16.5. The second kappa shape index (κ2) is 12.0. The van der Waals surface area contributed by atoms with Gasteiger partial charge < -0.3 is 25.3 Å². The Morgan fingerprint density at radius 1 is 0.951 bits per heavy atom. The monoisotopic (exact) mass is 552 g/mol. The lowest BCUT2D eigenvalue weighted by molar-refractivity contribution is 0.0996. The van der Waals surface area contributed by atoms with Gasteiger partial charge >= 0.3 is 6.09 Å². The van der Waals surface area contributed by atoms with Gasteiger partial charge in [-0.2, -0.15) is 0 Å². The van der Waals surface area contributed by atoms with Crippen LogP contribution in [0.5, 0.6) is 0 Å². The highest BCUT2D eigenvalue weighted by molar-refractivity contribution is 6.09. The molecule has 0 bridgehead atoms. The second-order valence-corrected chi connectivity index (χ2v) is 9.87. The van der Waals surface area contributed by atoms with Gasteiger partial charge in [-0.15, -0.1) is 0 Å². The number of nitrogens with zero attached hydrogens (tertiary/aromatic N) is 2. The maximum Gasteiger partial charge on any atom is 0.412 e. The van der Waals surface area contributed by atoms with Crippen molar-refractivity contribution in [2.24, 2.45) is 5.73 Å². The summed E-state index contributed by atoms with van der Waals surface area (Å²) in [5.74, 6) is -0.917. The Morgan fingerprint density at radius 3 is 2.39 bits per heavy atom. The zero-order valence-corrected chi connectivity index (χ0v) is 22.8. The third kappa shape index (κ3) is 6.22. The molecule has 1 saturated heterocycles. The number of alkyl carbamates (subject to hydrolysis) is 1. The van der Waals surface area contributed by atoms with E-state index in [9.17, 15) is 14.4 Å². The highest BCUT2D eigenvalue weighted by Crippen LogP contribution is 2.26. The van der Waals surface area contributed by atoms with Crippen LogP contribution in [-0.4, -0.2) is 48.0 Å². The Hall–Kier alpha value is -5.12. The molecule has 0 unspecified atom stereocenters. The molecule has 4 aromatic rings. The first-order chi connectivity index (χ1) is 19.8. The summed E-state index contributed by atoms with van der Waals surface area (Å²) < 4.78 is 6.76. The Morgan fingerprint density at radius 2 is 1.68 bits per heavy atom. The van der Waals surface area contributed by atoms with Gasteiger partial charge in [0, 0.05) is 53.0 Å². The van der Waals surface area contributed by atoms with E-state index in [1.165, 1.54) is 0 Å². The summed E-state index contributed by atoms with van der Waals surface area (Å²) in [6, 6.07) is 21.8. The highest BCUT2D eigenvalue weighted by Gasteiger charge is 2.19. The number of benzene rings is 3. The average Bonchev–Trinajstić information content (AvgIpc) is 3.62. The summed E-state index contributed by atoms with van der Waals surface area (Å²) in [5.41, 5.74) is 10.00. The van der Waals surface area contributed by atoms with Crippen LogP contribution in [0.3, 0.4) is 0 Å². The number of ether oxygens (including phenoxy) is 1. The van der Waals surface area contributed by atoms with Crippen LogP contribution in [0.15, 0.2) is 72.8 Å². The molecule has 5 rings (SSSR count). The number of hydrogen-bond acceptors (Lipinski definition) is 6. The van der Waals surface area contributed by atoms with E-state index in [0.717, 1.165) is 42.6 Å². The van der Waals surface area contributed by atoms with Crippen LogP contribution >= 0.6 is 0 Å². The van der Waals surface area contributed by atoms with Crippen molar-refractivity contribution in [2.75, 3.05) is 29.9 Å².